The first-order valence-corrected chi connectivity index (χ1v) is 12.0. The van der Waals surface area contributed by atoms with Crippen molar-refractivity contribution in [2.24, 2.45) is 0 Å². The summed E-state index contributed by atoms with van der Waals surface area (Å²) >= 11 is 0. The second-order valence-corrected chi connectivity index (χ2v) is 9.61. The fourth-order valence-corrected chi connectivity index (χ4v) is 3.70. The van der Waals surface area contributed by atoms with E-state index < -0.39 is 17.9 Å². The van der Waals surface area contributed by atoms with Crippen molar-refractivity contribution >= 4 is 28.7 Å². The number of anilines is 1. The number of carbonyl (C=O) groups is 2. The number of esters is 1. The third-order valence-electron chi connectivity index (χ3n) is 5.44. The molecule has 8 nitrogen and oxygen atoms in total. The number of rotatable bonds is 8. The lowest BCUT2D eigenvalue weighted by Gasteiger charge is -2.22. The van der Waals surface area contributed by atoms with Gasteiger partial charge in [0, 0.05) is 17.5 Å². The van der Waals surface area contributed by atoms with Crippen LogP contribution in [-0.2, 0) is 16.0 Å². The lowest BCUT2D eigenvalue weighted by Crippen LogP contribution is -2.43. The van der Waals surface area contributed by atoms with Crippen molar-refractivity contribution < 1.29 is 19.1 Å². The van der Waals surface area contributed by atoms with Crippen molar-refractivity contribution in [3.63, 3.8) is 0 Å². The highest BCUT2D eigenvalue weighted by atomic mass is 16.5. The van der Waals surface area contributed by atoms with Crippen LogP contribution in [0.15, 0.2) is 78.9 Å². The predicted octanol–water partition coefficient (Wildman–Crippen LogP) is 5.15. The lowest BCUT2D eigenvalue weighted by molar-refractivity contribution is -0.142. The van der Waals surface area contributed by atoms with E-state index >= 15 is 0 Å². The molecule has 0 spiro atoms. The van der Waals surface area contributed by atoms with Crippen LogP contribution in [-0.4, -0.2) is 40.5 Å². The molecule has 1 amide bonds. The Morgan fingerprint density at radius 3 is 2.11 bits per heavy atom. The highest BCUT2D eigenvalue weighted by Gasteiger charge is 2.23. The van der Waals surface area contributed by atoms with E-state index in [-0.39, 0.29) is 5.54 Å². The van der Waals surface area contributed by atoms with Crippen LogP contribution >= 0.6 is 0 Å². The molecular weight excluding hydrogens is 468 g/mol. The first-order chi connectivity index (χ1) is 17.7. The zero-order chi connectivity index (χ0) is 26.4. The van der Waals surface area contributed by atoms with Gasteiger partial charge in [-0.25, -0.2) is 14.8 Å². The van der Waals surface area contributed by atoms with E-state index in [1.54, 1.807) is 24.3 Å². The average molecular weight is 499 g/mol. The maximum atomic E-state index is 12.9. The van der Waals surface area contributed by atoms with Crippen molar-refractivity contribution in [2.45, 2.75) is 38.8 Å². The molecule has 0 saturated heterocycles. The van der Waals surface area contributed by atoms with Crippen LogP contribution in [0.1, 0.15) is 36.7 Å². The summed E-state index contributed by atoms with van der Waals surface area (Å²) in [4.78, 5) is 34.5. The Balaban J connectivity index is 1.51. The summed E-state index contributed by atoms with van der Waals surface area (Å²) in [5.74, 6) is 0.450. The number of ether oxygens (including phenoxy) is 2. The molecule has 190 valence electrons. The Bertz CT molecular complexity index is 1380. The fraction of sp³-hybridized carbons (Fsp3) is 0.241. The lowest BCUT2D eigenvalue weighted by atomic mass is 10.1. The molecule has 1 heterocycles. The van der Waals surface area contributed by atoms with Crippen molar-refractivity contribution in [2.75, 3.05) is 12.4 Å². The molecule has 8 heteroatoms. The molecule has 0 radical (unpaired) electrons. The van der Waals surface area contributed by atoms with Gasteiger partial charge in [0.15, 0.2) is 5.82 Å². The molecular formula is C29H30N4O4. The van der Waals surface area contributed by atoms with Crippen molar-refractivity contribution in [3.8, 4) is 11.6 Å². The van der Waals surface area contributed by atoms with Gasteiger partial charge in [-0.1, -0.05) is 42.5 Å². The Hall–Kier alpha value is -4.46. The minimum atomic E-state index is -0.810. The summed E-state index contributed by atoms with van der Waals surface area (Å²) in [7, 11) is 1.30. The number of hydrogen-bond acceptors (Lipinski definition) is 7. The number of nitrogens with zero attached hydrogens (tertiary/aromatic N) is 2. The maximum absolute atomic E-state index is 12.9. The summed E-state index contributed by atoms with van der Waals surface area (Å²) in [6, 6.07) is 22.8. The summed E-state index contributed by atoms with van der Waals surface area (Å²) in [6.45, 7) is 6.08. The zero-order valence-electron chi connectivity index (χ0n) is 21.3. The van der Waals surface area contributed by atoms with Gasteiger partial charge < -0.3 is 20.1 Å². The van der Waals surface area contributed by atoms with Gasteiger partial charge in [-0.3, -0.25) is 4.79 Å². The fourth-order valence-electron chi connectivity index (χ4n) is 3.70. The van der Waals surface area contributed by atoms with E-state index in [1.807, 2.05) is 75.4 Å². The average Bonchev–Trinajstić information content (AvgIpc) is 2.88. The second-order valence-electron chi connectivity index (χ2n) is 9.61. The van der Waals surface area contributed by atoms with E-state index in [1.165, 1.54) is 7.11 Å². The Kier molecular flexibility index (Phi) is 7.67. The molecule has 2 N–H and O–H groups in total. The molecule has 0 saturated carbocycles. The summed E-state index contributed by atoms with van der Waals surface area (Å²) in [5.41, 5.74) is 2.50. The molecule has 0 bridgehead atoms. The summed E-state index contributed by atoms with van der Waals surface area (Å²) in [5, 5.41) is 6.11. The number of nitrogens with one attached hydrogen (secondary N) is 2. The monoisotopic (exact) mass is 498 g/mol. The van der Waals surface area contributed by atoms with E-state index in [2.05, 4.69) is 20.6 Å². The second kappa shape index (κ2) is 11.1. The van der Waals surface area contributed by atoms with Crippen molar-refractivity contribution in [1.82, 2.24) is 15.3 Å². The number of fused-ring (bicyclic) bond motifs is 1. The Morgan fingerprint density at radius 2 is 1.49 bits per heavy atom. The van der Waals surface area contributed by atoms with Gasteiger partial charge >= 0.3 is 5.97 Å². The third kappa shape index (κ3) is 6.82. The van der Waals surface area contributed by atoms with Crippen molar-refractivity contribution in [3.05, 3.63) is 90.0 Å². The number of hydrogen-bond donors (Lipinski definition) is 2. The maximum Gasteiger partial charge on any atom is 0.328 e. The minimum absolute atomic E-state index is 0.257. The number of para-hydroxylation sites is 2. The van der Waals surface area contributed by atoms with Crippen LogP contribution < -0.4 is 15.4 Å². The molecule has 0 aliphatic carbocycles. The van der Waals surface area contributed by atoms with Gasteiger partial charge in [0.25, 0.3) is 11.8 Å². The van der Waals surface area contributed by atoms with E-state index in [0.29, 0.717) is 34.9 Å². The first-order valence-electron chi connectivity index (χ1n) is 12.0. The standard InChI is InChI=1S/C29H30N4O4/c1-29(2,3)33-25-27(32-23-13-9-8-12-22(23)30-25)37-21-16-14-20(15-17-21)26(34)31-24(28(35)36-4)18-19-10-6-5-7-11-19/h5-17,24H,18H2,1-4H3,(H,30,33)(H,31,34)/t24-/m0/s1. The molecule has 0 aliphatic heterocycles. The highest BCUT2D eigenvalue weighted by molar-refractivity contribution is 5.97. The predicted molar refractivity (Wildman–Crippen MR) is 143 cm³/mol. The zero-order valence-corrected chi connectivity index (χ0v) is 21.3. The third-order valence-corrected chi connectivity index (χ3v) is 5.44. The summed E-state index contributed by atoms with van der Waals surface area (Å²) in [6.07, 6.45) is 0.324. The number of methoxy groups -OCH3 is 1. The van der Waals surface area contributed by atoms with Gasteiger partial charge in [0.1, 0.15) is 11.8 Å². The molecule has 1 atom stereocenters. The molecule has 4 aromatic rings. The van der Waals surface area contributed by atoms with Crippen LogP contribution in [0.25, 0.3) is 11.0 Å². The van der Waals surface area contributed by atoms with Crippen LogP contribution in [0.2, 0.25) is 0 Å². The van der Waals surface area contributed by atoms with E-state index in [4.69, 9.17) is 9.47 Å². The van der Waals surface area contributed by atoms with Crippen LogP contribution in [0.3, 0.4) is 0 Å². The smallest absolute Gasteiger partial charge is 0.328 e. The van der Waals surface area contributed by atoms with Gasteiger partial charge in [-0.05, 0) is 62.7 Å². The number of carbonyl (C=O) groups excluding carboxylic acids is 2. The number of amides is 1. The van der Waals surface area contributed by atoms with Crippen LogP contribution in [0, 0.1) is 0 Å². The quantitative estimate of drug-likeness (QED) is 0.324. The molecule has 0 unspecified atom stereocenters. The molecule has 1 aromatic heterocycles. The number of benzene rings is 3. The van der Waals surface area contributed by atoms with Gasteiger partial charge in [-0.2, -0.15) is 0 Å². The summed E-state index contributed by atoms with van der Waals surface area (Å²) < 4.78 is 11.0. The van der Waals surface area contributed by atoms with Gasteiger partial charge in [-0.15, -0.1) is 0 Å². The molecule has 3 aromatic carbocycles. The minimum Gasteiger partial charge on any atom is -0.467 e. The number of aromatic nitrogens is 2. The Labute approximate surface area is 216 Å². The van der Waals surface area contributed by atoms with Crippen molar-refractivity contribution in [1.29, 1.82) is 0 Å². The van der Waals surface area contributed by atoms with Crippen LogP contribution in [0.5, 0.6) is 11.6 Å². The van der Waals surface area contributed by atoms with E-state index in [0.717, 1.165) is 11.1 Å². The topological polar surface area (TPSA) is 102 Å². The Morgan fingerprint density at radius 1 is 0.865 bits per heavy atom. The highest BCUT2D eigenvalue weighted by Crippen LogP contribution is 2.30. The molecule has 0 aliphatic rings. The van der Waals surface area contributed by atoms with Gasteiger partial charge in [0.2, 0.25) is 0 Å². The molecule has 0 fully saturated rings. The molecule has 37 heavy (non-hydrogen) atoms. The normalized spacial score (nSPS) is 12.0. The van der Waals surface area contributed by atoms with E-state index in [9.17, 15) is 9.59 Å². The SMILES string of the molecule is COC(=O)[C@H](Cc1ccccc1)NC(=O)c1ccc(Oc2nc3ccccc3nc2NC(C)(C)C)cc1. The van der Waals surface area contributed by atoms with Gasteiger partial charge in [0.05, 0.1) is 18.1 Å². The molecule has 4 rings (SSSR count). The van der Waals surface area contributed by atoms with Crippen LogP contribution in [0.4, 0.5) is 5.82 Å². The first kappa shape index (κ1) is 25.6. The largest absolute Gasteiger partial charge is 0.467 e.